The number of nitrogens with one attached hydrogen (secondary N) is 1. The molecule has 0 radical (unpaired) electrons. The molecule has 12 N–H and O–H groups in total. The van der Waals surface area contributed by atoms with Gasteiger partial charge in [0.25, 0.3) is 0 Å². The van der Waals surface area contributed by atoms with Gasteiger partial charge in [-0.25, -0.2) is 0 Å². The van der Waals surface area contributed by atoms with Crippen LogP contribution in [0.3, 0.4) is 0 Å². The molecule has 0 bridgehead atoms. The lowest BCUT2D eigenvalue weighted by Crippen LogP contribution is -2.66. The van der Waals surface area contributed by atoms with Crippen molar-refractivity contribution in [3.8, 4) is 0 Å². The Morgan fingerprint density at radius 3 is 1.17 bits per heavy atom. The average molecular weight is 1350 g/mol. The SMILES string of the molecule is CC/C=C\C/C=C\C/C=C\C/C=C\C/C=C\C/C=C\C/C=C\C/C=C\C/C=C\C/C=C\C/C=C\CCCCCCCCCC(=O)NC(COC1OC(CO)C(OC2OC(CO)C(OC3OC(CO)C(O)C(O)C3O)C(O)C2O)C(O)C1O)C(O)/C=C/CC/C=C/CCCCCC. The molecule has 3 rings (SSSR count). The van der Waals surface area contributed by atoms with E-state index in [1.165, 1.54) is 19.3 Å². The lowest BCUT2D eigenvalue weighted by molar-refractivity contribution is -0.379. The van der Waals surface area contributed by atoms with Crippen LogP contribution in [0.2, 0.25) is 0 Å². The van der Waals surface area contributed by atoms with Gasteiger partial charge in [-0.05, 0) is 116 Å². The highest BCUT2D eigenvalue weighted by Crippen LogP contribution is 2.33. The summed E-state index contributed by atoms with van der Waals surface area (Å²) in [6.45, 7) is 1.50. The Balaban J connectivity index is 1.32. The van der Waals surface area contributed by atoms with Gasteiger partial charge in [0.2, 0.25) is 5.91 Å². The third kappa shape index (κ3) is 37.0. The number of rotatable bonds is 52. The molecule has 0 aromatic heterocycles. The van der Waals surface area contributed by atoms with Crippen molar-refractivity contribution in [1.82, 2.24) is 5.32 Å². The molecule has 544 valence electrons. The van der Waals surface area contributed by atoms with Crippen molar-refractivity contribution in [1.29, 1.82) is 0 Å². The number of aliphatic hydroxyl groups excluding tert-OH is 11. The summed E-state index contributed by atoms with van der Waals surface area (Å²) in [6.07, 6.45) is 55.4. The van der Waals surface area contributed by atoms with Crippen LogP contribution in [-0.2, 0) is 33.2 Å². The van der Waals surface area contributed by atoms with Gasteiger partial charge in [0.05, 0.1) is 38.6 Å². The fourth-order valence-electron chi connectivity index (χ4n) is 10.8. The smallest absolute Gasteiger partial charge is 0.220 e. The van der Waals surface area contributed by atoms with E-state index in [4.69, 9.17) is 28.4 Å². The van der Waals surface area contributed by atoms with E-state index in [0.29, 0.717) is 12.8 Å². The normalized spacial score (nSPS) is 28.0. The molecule has 0 spiro atoms. The largest absolute Gasteiger partial charge is 0.394 e. The first-order valence-corrected chi connectivity index (χ1v) is 35.7. The maximum absolute atomic E-state index is 13.4. The van der Waals surface area contributed by atoms with Crippen molar-refractivity contribution in [2.24, 2.45) is 0 Å². The molecule has 0 saturated carbocycles. The summed E-state index contributed by atoms with van der Waals surface area (Å²) in [5.74, 6) is -0.307. The monoisotopic (exact) mass is 1350 g/mol. The first kappa shape index (κ1) is 85.6. The molecule has 1 amide bonds. The van der Waals surface area contributed by atoms with Gasteiger partial charge in [-0.2, -0.15) is 0 Å². The second-order valence-electron chi connectivity index (χ2n) is 24.6. The standard InChI is InChI=1S/C77H123NO18/c1-3-5-7-9-11-13-15-16-17-18-19-20-21-22-23-24-25-26-27-28-29-30-31-32-33-34-35-36-37-38-39-40-41-42-43-44-45-47-49-51-53-55-65(83)78-60(61(82)54-52-50-48-46-14-12-10-8-6-4-2)59-91-75-71(89)68(86)73(63(57-80)93-75)96-77-72(90)69(87)74(64(58-81)94-77)95-76-70(88)67(85)66(84)62(56-79)92-76/h5,7,11,13-14,16-17,19-20,22-23,25-26,28-29,31-32,34-35,37-38,40-41,46,52,54,60-64,66-77,79-82,84-90H,3-4,6,8-10,12,15,18,21,24,27,30,33,36,39,42-45,47-51,53,55-59H2,1-2H3,(H,78,83)/b7-5-,13-11-,17-16-,20-19-,23-22-,26-25-,29-28-,32-31-,35-34-,38-37-,41-40-,46-14+,54-52+. The van der Waals surface area contributed by atoms with Gasteiger partial charge in [-0.3, -0.25) is 4.79 Å². The molecular formula is C77H123NO18. The second-order valence-corrected chi connectivity index (χ2v) is 24.6. The molecule has 3 fully saturated rings. The second kappa shape index (κ2) is 56.2. The van der Waals surface area contributed by atoms with E-state index in [1.807, 2.05) is 6.08 Å². The molecule has 0 aromatic carbocycles. The van der Waals surface area contributed by atoms with Gasteiger partial charge < -0.3 is 89.9 Å². The molecule has 19 nitrogen and oxygen atoms in total. The number of amides is 1. The number of hydrogen-bond acceptors (Lipinski definition) is 18. The average Bonchev–Trinajstić information content (AvgIpc) is 0.849. The Hall–Kier alpha value is -4.59. The van der Waals surface area contributed by atoms with E-state index in [9.17, 15) is 61.0 Å². The van der Waals surface area contributed by atoms with Crippen molar-refractivity contribution in [2.75, 3.05) is 26.4 Å². The highest BCUT2D eigenvalue weighted by molar-refractivity contribution is 5.76. The third-order valence-electron chi connectivity index (χ3n) is 16.6. The van der Waals surface area contributed by atoms with Crippen molar-refractivity contribution in [2.45, 2.75) is 291 Å². The summed E-state index contributed by atoms with van der Waals surface area (Å²) < 4.78 is 34.2. The topological polar surface area (TPSA) is 307 Å². The highest BCUT2D eigenvalue weighted by Gasteiger charge is 2.53. The Kier molecular flexibility index (Phi) is 50.1. The molecule has 3 aliphatic rings. The maximum Gasteiger partial charge on any atom is 0.220 e. The van der Waals surface area contributed by atoms with Gasteiger partial charge in [0.15, 0.2) is 18.9 Å². The zero-order valence-electron chi connectivity index (χ0n) is 57.5. The quantitative estimate of drug-likeness (QED) is 0.0199. The predicted octanol–water partition coefficient (Wildman–Crippen LogP) is 10.1. The van der Waals surface area contributed by atoms with Crippen molar-refractivity contribution < 1.29 is 89.4 Å². The summed E-state index contributed by atoms with van der Waals surface area (Å²) in [5, 5.41) is 120. The number of ether oxygens (including phenoxy) is 6. The van der Waals surface area contributed by atoms with Gasteiger partial charge in [-0.15, -0.1) is 0 Å². The van der Waals surface area contributed by atoms with E-state index < -0.39 is 124 Å². The van der Waals surface area contributed by atoms with E-state index in [1.54, 1.807) is 6.08 Å². The number of unbranched alkanes of at least 4 members (excludes halogenated alkanes) is 12. The molecule has 96 heavy (non-hydrogen) atoms. The summed E-state index contributed by atoms with van der Waals surface area (Å²) in [4.78, 5) is 13.4. The molecular weight excluding hydrogens is 1230 g/mol. The fourth-order valence-corrected chi connectivity index (χ4v) is 10.8. The van der Waals surface area contributed by atoms with Gasteiger partial charge >= 0.3 is 0 Å². The van der Waals surface area contributed by atoms with Crippen LogP contribution in [0.15, 0.2) is 158 Å². The Morgan fingerprint density at radius 2 is 0.729 bits per heavy atom. The number of carbonyl (C=O) groups excluding carboxylic acids is 1. The molecule has 3 aliphatic heterocycles. The van der Waals surface area contributed by atoms with Crippen LogP contribution >= 0.6 is 0 Å². The van der Waals surface area contributed by atoms with E-state index in [0.717, 1.165) is 135 Å². The van der Waals surface area contributed by atoms with Crippen molar-refractivity contribution in [3.63, 3.8) is 0 Å². The summed E-state index contributed by atoms with van der Waals surface area (Å²) >= 11 is 0. The lowest BCUT2D eigenvalue weighted by Gasteiger charge is -2.48. The molecule has 3 heterocycles. The molecule has 17 atom stereocenters. The number of carbonyl (C=O) groups is 1. The first-order valence-electron chi connectivity index (χ1n) is 35.7. The molecule has 17 unspecified atom stereocenters. The van der Waals surface area contributed by atoms with Gasteiger partial charge in [0, 0.05) is 6.42 Å². The van der Waals surface area contributed by atoms with Crippen LogP contribution in [-0.4, -0.2) is 193 Å². The number of aliphatic hydroxyl groups is 11. The van der Waals surface area contributed by atoms with Crippen LogP contribution in [0.25, 0.3) is 0 Å². The minimum atomic E-state index is -1.99. The predicted molar refractivity (Wildman–Crippen MR) is 378 cm³/mol. The summed E-state index contributed by atoms with van der Waals surface area (Å²) in [6, 6.07) is -1.01. The van der Waals surface area contributed by atoms with E-state index >= 15 is 0 Å². The minimum absolute atomic E-state index is 0.211. The summed E-state index contributed by atoms with van der Waals surface area (Å²) in [5.41, 5.74) is 0. The van der Waals surface area contributed by atoms with Crippen LogP contribution in [0.1, 0.15) is 187 Å². The summed E-state index contributed by atoms with van der Waals surface area (Å²) in [7, 11) is 0. The van der Waals surface area contributed by atoms with E-state index in [-0.39, 0.29) is 18.9 Å². The fraction of sp³-hybridized carbons (Fsp3) is 0.649. The number of allylic oxidation sites excluding steroid dienone is 25. The molecule has 0 aliphatic carbocycles. The zero-order valence-corrected chi connectivity index (χ0v) is 57.5. The first-order chi connectivity index (χ1) is 46.8. The Morgan fingerprint density at radius 1 is 0.385 bits per heavy atom. The third-order valence-corrected chi connectivity index (χ3v) is 16.6. The van der Waals surface area contributed by atoms with Gasteiger partial charge in [-0.1, -0.05) is 223 Å². The molecule has 0 aromatic rings. The molecule has 19 heteroatoms. The van der Waals surface area contributed by atoms with E-state index in [2.05, 4.69) is 165 Å². The van der Waals surface area contributed by atoms with Crippen LogP contribution in [0.5, 0.6) is 0 Å². The lowest BCUT2D eigenvalue weighted by atomic mass is 9.96. The zero-order chi connectivity index (χ0) is 69.6. The van der Waals surface area contributed by atoms with Crippen molar-refractivity contribution in [3.05, 3.63) is 158 Å². The molecule has 3 saturated heterocycles. The highest BCUT2D eigenvalue weighted by atomic mass is 16.8. The van der Waals surface area contributed by atoms with Crippen LogP contribution < -0.4 is 5.32 Å². The number of hydrogen-bond donors (Lipinski definition) is 12. The minimum Gasteiger partial charge on any atom is -0.394 e. The van der Waals surface area contributed by atoms with Crippen LogP contribution in [0, 0.1) is 0 Å². The van der Waals surface area contributed by atoms with Gasteiger partial charge in [0.1, 0.15) is 73.2 Å². The maximum atomic E-state index is 13.4. The Bertz CT molecular complexity index is 2360. The van der Waals surface area contributed by atoms with Crippen molar-refractivity contribution >= 4 is 5.91 Å². The van der Waals surface area contributed by atoms with Crippen LogP contribution in [0.4, 0.5) is 0 Å². The Labute approximate surface area is 574 Å².